The number of hydrogen-bond acceptors (Lipinski definition) is 5. The summed E-state index contributed by atoms with van der Waals surface area (Å²) in [6.45, 7) is 6.82. The van der Waals surface area contributed by atoms with Crippen LogP contribution in [0.15, 0.2) is 18.2 Å². The fourth-order valence-corrected chi connectivity index (χ4v) is 2.99. The molecule has 0 aromatic heterocycles. The number of aliphatic hydroxyl groups excluding tert-OH is 1. The maximum absolute atomic E-state index is 10.4. The molecule has 2 N–H and O–H groups in total. The Bertz CT molecular complexity index is 475. The summed E-state index contributed by atoms with van der Waals surface area (Å²) in [6, 6.07) is 6.07. The van der Waals surface area contributed by atoms with Gasteiger partial charge in [0.1, 0.15) is 12.4 Å². The molecular weight excluding hydrogens is 266 g/mol. The van der Waals surface area contributed by atoms with Crippen molar-refractivity contribution in [3.8, 4) is 5.75 Å². The molecule has 1 atom stereocenters. The zero-order valence-corrected chi connectivity index (χ0v) is 12.7. The Balaban J connectivity index is 1.60. The quantitative estimate of drug-likeness (QED) is 0.861. The predicted octanol–water partition coefficient (Wildman–Crippen LogP) is 0.844. The first-order valence-electron chi connectivity index (χ1n) is 7.83. The maximum atomic E-state index is 10.4. The summed E-state index contributed by atoms with van der Waals surface area (Å²) < 4.78 is 5.71. The molecule has 5 nitrogen and oxygen atoms in total. The molecule has 2 aliphatic heterocycles. The summed E-state index contributed by atoms with van der Waals surface area (Å²) in [4.78, 5) is 4.60. The van der Waals surface area contributed by atoms with E-state index in [1.54, 1.807) is 0 Å². The van der Waals surface area contributed by atoms with Crippen LogP contribution in [0.5, 0.6) is 5.75 Å². The van der Waals surface area contributed by atoms with E-state index in [0.717, 1.165) is 62.7 Å². The number of nitrogens with one attached hydrogen (secondary N) is 1. The molecule has 0 amide bonds. The van der Waals surface area contributed by atoms with Gasteiger partial charge in [0.05, 0.1) is 18.3 Å². The number of rotatable bonds is 4. The van der Waals surface area contributed by atoms with E-state index in [2.05, 4.69) is 28.2 Å². The van der Waals surface area contributed by atoms with Crippen molar-refractivity contribution >= 4 is 5.69 Å². The zero-order chi connectivity index (χ0) is 14.7. The van der Waals surface area contributed by atoms with Gasteiger partial charge < -0.3 is 25.0 Å². The van der Waals surface area contributed by atoms with E-state index < -0.39 is 6.10 Å². The highest BCUT2D eigenvalue weighted by Crippen LogP contribution is 2.33. The van der Waals surface area contributed by atoms with E-state index in [9.17, 15) is 5.11 Å². The molecule has 1 aromatic rings. The van der Waals surface area contributed by atoms with Gasteiger partial charge in [-0.05, 0) is 24.1 Å². The van der Waals surface area contributed by atoms with Gasteiger partial charge in [-0.25, -0.2) is 0 Å². The third-order valence-electron chi connectivity index (χ3n) is 4.39. The Morgan fingerprint density at radius 1 is 1.29 bits per heavy atom. The number of hydrogen-bond donors (Lipinski definition) is 2. The van der Waals surface area contributed by atoms with Crippen molar-refractivity contribution in [1.29, 1.82) is 0 Å². The summed E-state index contributed by atoms with van der Waals surface area (Å²) in [5.41, 5.74) is 2.07. The van der Waals surface area contributed by atoms with Gasteiger partial charge in [-0.2, -0.15) is 0 Å². The van der Waals surface area contributed by atoms with Gasteiger partial charge in [-0.1, -0.05) is 6.07 Å². The zero-order valence-electron chi connectivity index (χ0n) is 12.7. The maximum Gasteiger partial charge on any atom is 0.143 e. The average molecular weight is 291 g/mol. The van der Waals surface area contributed by atoms with Crippen molar-refractivity contribution in [2.45, 2.75) is 12.5 Å². The van der Waals surface area contributed by atoms with Crippen LogP contribution >= 0.6 is 0 Å². The summed E-state index contributed by atoms with van der Waals surface area (Å²) in [5, 5.41) is 13.8. The summed E-state index contributed by atoms with van der Waals surface area (Å²) >= 11 is 0. The highest BCUT2D eigenvalue weighted by molar-refractivity contribution is 5.60. The minimum Gasteiger partial charge on any atom is -0.490 e. The smallest absolute Gasteiger partial charge is 0.143 e. The molecule has 0 aliphatic carbocycles. The summed E-state index contributed by atoms with van der Waals surface area (Å²) in [7, 11) is 2.07. The molecule has 2 aliphatic rings. The summed E-state index contributed by atoms with van der Waals surface area (Å²) in [6.07, 6.45) is 0.357. The largest absolute Gasteiger partial charge is 0.490 e. The molecule has 3 rings (SSSR count). The standard InChI is InChI=1S/C16H25N3O2/c1-18-10-11-21-16-12-13(2-3-14(16)18)15(20)4-7-19-8-5-17-6-9-19/h2-3,12,15,17,20H,4-11H2,1H3. The highest BCUT2D eigenvalue weighted by atomic mass is 16.5. The number of fused-ring (bicyclic) bond motifs is 1. The minimum absolute atomic E-state index is 0.416. The fourth-order valence-electron chi connectivity index (χ4n) is 2.99. The Hall–Kier alpha value is -1.30. The number of ether oxygens (including phenoxy) is 1. The molecule has 0 radical (unpaired) electrons. The van der Waals surface area contributed by atoms with Crippen LogP contribution in [0.3, 0.4) is 0 Å². The number of benzene rings is 1. The molecule has 1 saturated heterocycles. The first-order valence-corrected chi connectivity index (χ1v) is 7.83. The molecule has 1 aromatic carbocycles. The normalized spacial score (nSPS) is 20.8. The summed E-state index contributed by atoms with van der Waals surface area (Å²) in [5.74, 6) is 0.891. The van der Waals surface area contributed by atoms with E-state index in [1.165, 1.54) is 0 Å². The molecule has 0 bridgehead atoms. The van der Waals surface area contributed by atoms with Gasteiger partial charge in [0, 0.05) is 39.8 Å². The SMILES string of the molecule is CN1CCOc2cc(C(O)CCN3CCNCC3)ccc21. The number of nitrogens with zero attached hydrogens (tertiary/aromatic N) is 2. The Morgan fingerprint density at radius 2 is 2.10 bits per heavy atom. The number of likely N-dealkylation sites (N-methyl/N-ethyl adjacent to an activating group) is 1. The van der Waals surface area contributed by atoms with Crippen LogP contribution in [-0.2, 0) is 0 Å². The van der Waals surface area contributed by atoms with E-state index >= 15 is 0 Å². The molecule has 0 saturated carbocycles. The average Bonchev–Trinajstić information content (AvgIpc) is 2.53. The minimum atomic E-state index is -0.416. The van der Waals surface area contributed by atoms with Crippen LogP contribution < -0.4 is 15.0 Å². The van der Waals surface area contributed by atoms with E-state index in [1.807, 2.05) is 12.1 Å². The van der Waals surface area contributed by atoms with E-state index in [4.69, 9.17) is 4.74 Å². The molecule has 5 heteroatoms. The second kappa shape index (κ2) is 6.64. The van der Waals surface area contributed by atoms with Crippen LogP contribution in [0.1, 0.15) is 18.1 Å². The Kier molecular flexibility index (Phi) is 4.63. The second-order valence-electron chi connectivity index (χ2n) is 5.89. The van der Waals surface area contributed by atoms with Crippen molar-refractivity contribution in [3.63, 3.8) is 0 Å². The molecule has 2 heterocycles. The molecular formula is C16H25N3O2. The van der Waals surface area contributed by atoms with Crippen molar-refractivity contribution < 1.29 is 9.84 Å². The van der Waals surface area contributed by atoms with Crippen LogP contribution in [0.25, 0.3) is 0 Å². The highest BCUT2D eigenvalue weighted by Gasteiger charge is 2.18. The molecule has 1 unspecified atom stereocenters. The van der Waals surface area contributed by atoms with Crippen LogP contribution in [0.4, 0.5) is 5.69 Å². The molecule has 116 valence electrons. The number of aliphatic hydroxyl groups is 1. The van der Waals surface area contributed by atoms with Crippen LogP contribution in [0.2, 0.25) is 0 Å². The first kappa shape index (κ1) is 14.6. The van der Waals surface area contributed by atoms with E-state index in [-0.39, 0.29) is 0 Å². The fraction of sp³-hybridized carbons (Fsp3) is 0.625. The van der Waals surface area contributed by atoms with Crippen LogP contribution in [0, 0.1) is 0 Å². The van der Waals surface area contributed by atoms with Gasteiger partial charge in [-0.3, -0.25) is 0 Å². The van der Waals surface area contributed by atoms with Gasteiger partial charge in [-0.15, -0.1) is 0 Å². The lowest BCUT2D eigenvalue weighted by Crippen LogP contribution is -2.44. The lowest BCUT2D eigenvalue weighted by molar-refractivity contribution is 0.136. The Labute approximate surface area is 126 Å². The second-order valence-corrected chi connectivity index (χ2v) is 5.89. The van der Waals surface area contributed by atoms with Crippen molar-refractivity contribution in [3.05, 3.63) is 23.8 Å². The third kappa shape index (κ3) is 3.48. The van der Waals surface area contributed by atoms with Gasteiger partial charge in [0.25, 0.3) is 0 Å². The van der Waals surface area contributed by atoms with Gasteiger partial charge in [0.15, 0.2) is 0 Å². The van der Waals surface area contributed by atoms with Gasteiger partial charge >= 0.3 is 0 Å². The van der Waals surface area contributed by atoms with Crippen molar-refractivity contribution in [2.75, 3.05) is 57.8 Å². The molecule has 0 spiro atoms. The third-order valence-corrected chi connectivity index (χ3v) is 4.39. The van der Waals surface area contributed by atoms with Crippen molar-refractivity contribution in [2.24, 2.45) is 0 Å². The number of anilines is 1. The Morgan fingerprint density at radius 3 is 2.90 bits per heavy atom. The van der Waals surface area contributed by atoms with E-state index in [0.29, 0.717) is 6.61 Å². The predicted molar refractivity (Wildman–Crippen MR) is 84.1 cm³/mol. The van der Waals surface area contributed by atoms with Crippen molar-refractivity contribution in [1.82, 2.24) is 10.2 Å². The molecule has 1 fully saturated rings. The molecule has 21 heavy (non-hydrogen) atoms. The lowest BCUT2D eigenvalue weighted by atomic mass is 10.0. The van der Waals surface area contributed by atoms with Crippen LogP contribution in [-0.4, -0.2) is 62.9 Å². The number of piperazine rings is 1. The lowest BCUT2D eigenvalue weighted by Gasteiger charge is -2.29. The topological polar surface area (TPSA) is 48.0 Å². The monoisotopic (exact) mass is 291 g/mol. The van der Waals surface area contributed by atoms with Gasteiger partial charge in [0.2, 0.25) is 0 Å². The first-order chi connectivity index (χ1) is 10.2.